The van der Waals surface area contributed by atoms with Crippen LogP contribution in [0.25, 0.3) is 0 Å². The third-order valence-electron chi connectivity index (χ3n) is 11.8. The normalized spacial score (nSPS) is 55.0. The molecule has 0 unspecified atom stereocenters. The van der Waals surface area contributed by atoms with Gasteiger partial charge in [-0.15, -0.1) is 0 Å². The molecule has 3 saturated heterocycles. The summed E-state index contributed by atoms with van der Waals surface area (Å²) in [5.41, 5.74) is 3.84. The highest BCUT2D eigenvalue weighted by Crippen LogP contribution is 2.63. The van der Waals surface area contributed by atoms with Gasteiger partial charge in [0.15, 0.2) is 0 Å². The zero-order valence-corrected chi connectivity index (χ0v) is 20.9. The van der Waals surface area contributed by atoms with Crippen molar-refractivity contribution < 1.29 is 9.53 Å². The van der Waals surface area contributed by atoms with Gasteiger partial charge in [-0.3, -0.25) is 4.79 Å². The Morgan fingerprint density at radius 3 is 2.72 bits per heavy atom. The van der Waals surface area contributed by atoms with Crippen molar-refractivity contribution in [3.8, 4) is 0 Å². The Balaban J connectivity index is 1.29. The first-order valence-corrected chi connectivity index (χ1v) is 13.6. The highest BCUT2D eigenvalue weighted by atomic mass is 16.5. The van der Waals surface area contributed by atoms with E-state index in [1.807, 2.05) is 0 Å². The Morgan fingerprint density at radius 2 is 1.91 bits per heavy atom. The van der Waals surface area contributed by atoms with Crippen molar-refractivity contribution in [3.63, 3.8) is 0 Å². The average Bonchev–Trinajstić information content (AvgIpc) is 3.18. The second kappa shape index (κ2) is 7.07. The van der Waals surface area contributed by atoms with E-state index in [2.05, 4.69) is 45.3 Å². The second-order valence-corrected chi connectivity index (χ2v) is 13.2. The largest absolute Gasteiger partial charge is 0.369 e. The lowest BCUT2D eigenvalue weighted by molar-refractivity contribution is -0.130. The molecule has 4 heteroatoms. The third kappa shape index (κ3) is 2.84. The van der Waals surface area contributed by atoms with Gasteiger partial charge in [0, 0.05) is 23.9 Å². The predicted molar refractivity (Wildman–Crippen MR) is 127 cm³/mol. The van der Waals surface area contributed by atoms with Crippen LogP contribution in [0, 0.1) is 35.0 Å². The molecule has 0 aromatic carbocycles. The van der Waals surface area contributed by atoms with Crippen LogP contribution in [-0.4, -0.2) is 35.7 Å². The van der Waals surface area contributed by atoms with Crippen molar-refractivity contribution in [1.29, 1.82) is 0 Å². The minimum Gasteiger partial charge on any atom is -0.369 e. The summed E-state index contributed by atoms with van der Waals surface area (Å²) in [5.74, 6) is 3.82. The van der Waals surface area contributed by atoms with Crippen LogP contribution in [0.15, 0.2) is 11.1 Å². The van der Waals surface area contributed by atoms with E-state index >= 15 is 0 Å². The van der Waals surface area contributed by atoms with Gasteiger partial charge in [-0.25, -0.2) is 0 Å². The lowest BCUT2D eigenvalue weighted by Gasteiger charge is -2.52. The molecule has 0 bridgehead atoms. The van der Waals surface area contributed by atoms with Crippen LogP contribution in [0.5, 0.6) is 0 Å². The number of carbonyl (C=O) groups excluding carboxylic acids is 1. The zero-order valence-electron chi connectivity index (χ0n) is 20.9. The molecule has 0 radical (unpaired) electrons. The smallest absolute Gasteiger partial charge is 0.220 e. The fourth-order valence-corrected chi connectivity index (χ4v) is 9.53. The molecule has 10 atom stereocenters. The van der Waals surface area contributed by atoms with Crippen LogP contribution >= 0.6 is 0 Å². The number of piperidine rings is 2. The first-order valence-electron chi connectivity index (χ1n) is 13.6. The predicted octanol–water partition coefficient (Wildman–Crippen LogP) is 4.98. The average molecular weight is 441 g/mol. The van der Waals surface area contributed by atoms with Gasteiger partial charge >= 0.3 is 0 Å². The Kier molecular flexibility index (Phi) is 4.78. The Bertz CT molecular complexity index is 852. The molecule has 1 amide bonds. The van der Waals surface area contributed by atoms with Crippen LogP contribution in [0.1, 0.15) is 92.4 Å². The van der Waals surface area contributed by atoms with Crippen molar-refractivity contribution >= 4 is 5.91 Å². The maximum atomic E-state index is 12.1. The molecule has 4 nitrogen and oxygen atoms in total. The number of amides is 1. The monoisotopic (exact) mass is 440 g/mol. The second-order valence-electron chi connectivity index (χ2n) is 13.2. The molecule has 0 aromatic rings. The molecule has 3 aliphatic carbocycles. The van der Waals surface area contributed by atoms with Gasteiger partial charge in [0.1, 0.15) is 0 Å². The Labute approximate surface area is 194 Å². The summed E-state index contributed by atoms with van der Waals surface area (Å²) in [6, 6.07) is 0.397. The van der Waals surface area contributed by atoms with Gasteiger partial charge in [-0.2, -0.15) is 0 Å². The summed E-state index contributed by atoms with van der Waals surface area (Å²) >= 11 is 0. The number of hydrogen-bond acceptors (Lipinski definition) is 3. The summed E-state index contributed by atoms with van der Waals surface area (Å²) in [5, 5.41) is 7.30. The summed E-state index contributed by atoms with van der Waals surface area (Å²) in [6.45, 7) is 13.3. The van der Waals surface area contributed by atoms with E-state index < -0.39 is 0 Å². The fourth-order valence-electron chi connectivity index (χ4n) is 9.53. The summed E-state index contributed by atoms with van der Waals surface area (Å²) in [7, 11) is 0. The number of allylic oxidation sites excluding steroid dienone is 1. The van der Waals surface area contributed by atoms with Gasteiger partial charge < -0.3 is 15.4 Å². The molecule has 1 spiro atoms. The molecule has 0 aromatic heterocycles. The SMILES string of the molecule is CC1=C2C[C@H]3[C@@H](CC[C@H]4NC(=O)CC[C@@]43C)[C@@H]2CC[C@@]2(C1)O[C@@H]1C[C@H](C)CN[C@@]1(C)[C@H]2C. The summed E-state index contributed by atoms with van der Waals surface area (Å²) in [6.07, 6.45) is 10.7. The first-order chi connectivity index (χ1) is 15.2. The van der Waals surface area contributed by atoms with Crippen molar-refractivity contribution in [1.82, 2.24) is 10.6 Å². The molecular weight excluding hydrogens is 396 g/mol. The molecule has 32 heavy (non-hydrogen) atoms. The van der Waals surface area contributed by atoms with Gasteiger partial charge in [-0.05, 0) is 101 Å². The molecule has 5 fully saturated rings. The Morgan fingerprint density at radius 1 is 1.09 bits per heavy atom. The van der Waals surface area contributed by atoms with E-state index in [0.717, 1.165) is 43.6 Å². The molecule has 178 valence electrons. The molecule has 6 aliphatic rings. The zero-order chi connectivity index (χ0) is 22.5. The lowest BCUT2D eigenvalue weighted by Crippen LogP contribution is -2.59. The highest BCUT2D eigenvalue weighted by Gasteiger charge is 2.62. The van der Waals surface area contributed by atoms with Crippen LogP contribution in [0.4, 0.5) is 0 Å². The fraction of sp³-hybridized carbons (Fsp3) is 0.893. The van der Waals surface area contributed by atoms with Crippen molar-refractivity contribution in [3.05, 3.63) is 11.1 Å². The number of nitrogens with one attached hydrogen (secondary N) is 2. The highest BCUT2D eigenvalue weighted by molar-refractivity contribution is 5.77. The topological polar surface area (TPSA) is 50.4 Å². The van der Waals surface area contributed by atoms with E-state index in [1.54, 1.807) is 11.1 Å². The third-order valence-corrected chi connectivity index (χ3v) is 11.8. The molecule has 3 aliphatic heterocycles. The van der Waals surface area contributed by atoms with Crippen LogP contribution in [0.2, 0.25) is 0 Å². The van der Waals surface area contributed by atoms with Gasteiger partial charge in [0.25, 0.3) is 0 Å². The maximum absolute atomic E-state index is 12.1. The number of ether oxygens (including phenoxy) is 1. The van der Waals surface area contributed by atoms with E-state index in [-0.39, 0.29) is 22.5 Å². The number of carbonyl (C=O) groups is 1. The van der Waals surface area contributed by atoms with Crippen molar-refractivity contribution in [2.24, 2.45) is 35.0 Å². The Hall–Kier alpha value is -0.870. The summed E-state index contributed by atoms with van der Waals surface area (Å²) < 4.78 is 7.10. The minimum absolute atomic E-state index is 0.00726. The number of hydrogen-bond donors (Lipinski definition) is 2. The number of fused-ring (bicyclic) bond motifs is 6. The van der Waals surface area contributed by atoms with Gasteiger partial charge in [0.2, 0.25) is 5.91 Å². The number of rotatable bonds is 0. The van der Waals surface area contributed by atoms with Crippen molar-refractivity contribution in [2.75, 3.05) is 6.54 Å². The van der Waals surface area contributed by atoms with Crippen LogP contribution < -0.4 is 10.6 Å². The first kappa shape index (κ1) is 21.6. The van der Waals surface area contributed by atoms with E-state index in [1.165, 1.54) is 38.5 Å². The standard InChI is InChI=1S/C28H44N2O2/c1-16-12-24-27(5,29-15-16)18(3)28(32-24)11-8-19-20-6-7-23-26(4,10-9-25(31)30-23)22(20)13-21(19)17(2)14-28/h16,18-20,22-24,29H,6-15H2,1-5H3,(H,30,31)/t16-,18+,19-,20-,22-,23+,24+,26+,27-,28-/m0/s1. The van der Waals surface area contributed by atoms with Crippen LogP contribution in [0.3, 0.4) is 0 Å². The van der Waals surface area contributed by atoms with Crippen LogP contribution in [-0.2, 0) is 9.53 Å². The van der Waals surface area contributed by atoms with Gasteiger partial charge in [-0.1, -0.05) is 31.9 Å². The van der Waals surface area contributed by atoms with E-state index in [4.69, 9.17) is 4.74 Å². The van der Waals surface area contributed by atoms with Gasteiger partial charge in [0.05, 0.1) is 11.7 Å². The molecule has 2 saturated carbocycles. The van der Waals surface area contributed by atoms with E-state index in [0.29, 0.717) is 24.0 Å². The molecule has 6 rings (SSSR count). The molecule has 3 heterocycles. The van der Waals surface area contributed by atoms with Crippen molar-refractivity contribution in [2.45, 2.75) is 116 Å². The minimum atomic E-state index is 0.00726. The molecule has 2 N–H and O–H groups in total. The quantitative estimate of drug-likeness (QED) is 0.522. The lowest BCUT2D eigenvalue weighted by atomic mass is 9.57. The molecular formula is C28H44N2O2. The maximum Gasteiger partial charge on any atom is 0.220 e. The van der Waals surface area contributed by atoms with E-state index in [9.17, 15) is 4.79 Å². The summed E-state index contributed by atoms with van der Waals surface area (Å²) in [4.78, 5) is 12.1.